The molecule has 0 radical (unpaired) electrons. The Labute approximate surface area is 140 Å². The average molecular weight is 339 g/mol. The standard InChI is InChI=1S/C16H19ClN2O2S/c1-2-18-15(22)19-7-5-16(6-8-19)10-13(20)12-9-11(17)3-4-14(12)21-16/h3-4,9H,2,5-8,10H2,1H3,(H,18,22). The third kappa shape index (κ3) is 2.92. The Morgan fingerprint density at radius 3 is 2.86 bits per heavy atom. The number of hydrogen-bond acceptors (Lipinski definition) is 3. The monoisotopic (exact) mass is 338 g/mol. The van der Waals surface area contributed by atoms with E-state index in [0.29, 0.717) is 22.8 Å². The number of thiocarbonyl (C=S) groups is 1. The highest BCUT2D eigenvalue weighted by Crippen LogP contribution is 2.40. The quantitative estimate of drug-likeness (QED) is 0.797. The molecule has 2 aliphatic rings. The Bertz CT molecular complexity index is 612. The Hall–Kier alpha value is -1.33. The summed E-state index contributed by atoms with van der Waals surface area (Å²) in [6.45, 7) is 4.47. The lowest BCUT2D eigenvalue weighted by Crippen LogP contribution is -2.54. The number of ether oxygens (including phenoxy) is 1. The van der Waals surface area contributed by atoms with Gasteiger partial charge < -0.3 is 15.0 Å². The van der Waals surface area contributed by atoms with Gasteiger partial charge in [-0.2, -0.15) is 0 Å². The lowest BCUT2D eigenvalue weighted by molar-refractivity contribution is 0.00362. The van der Waals surface area contributed by atoms with Gasteiger partial charge in [0.15, 0.2) is 10.9 Å². The van der Waals surface area contributed by atoms with Crippen molar-refractivity contribution >= 4 is 34.7 Å². The molecule has 0 unspecified atom stereocenters. The Morgan fingerprint density at radius 2 is 2.18 bits per heavy atom. The Balaban J connectivity index is 1.73. The van der Waals surface area contributed by atoms with Crippen LogP contribution in [0.15, 0.2) is 18.2 Å². The number of likely N-dealkylation sites (tertiary alicyclic amines) is 1. The number of halogens is 1. The summed E-state index contributed by atoms with van der Waals surface area (Å²) in [5.41, 5.74) is 0.208. The van der Waals surface area contributed by atoms with Gasteiger partial charge in [0.05, 0.1) is 12.0 Å². The number of rotatable bonds is 1. The van der Waals surface area contributed by atoms with Crippen LogP contribution in [-0.2, 0) is 0 Å². The van der Waals surface area contributed by atoms with Crippen LogP contribution < -0.4 is 10.1 Å². The maximum absolute atomic E-state index is 12.4. The maximum Gasteiger partial charge on any atom is 0.170 e. The summed E-state index contributed by atoms with van der Waals surface area (Å²) in [5.74, 6) is 0.773. The van der Waals surface area contributed by atoms with Gasteiger partial charge in [-0.15, -0.1) is 0 Å². The number of carbonyl (C=O) groups is 1. The van der Waals surface area contributed by atoms with Gasteiger partial charge in [-0.25, -0.2) is 0 Å². The molecule has 1 spiro atoms. The molecule has 0 amide bonds. The molecule has 0 aromatic heterocycles. The Morgan fingerprint density at radius 1 is 1.45 bits per heavy atom. The number of carbonyl (C=O) groups excluding carboxylic acids is 1. The van der Waals surface area contributed by atoms with Crippen LogP contribution in [0.3, 0.4) is 0 Å². The number of nitrogens with one attached hydrogen (secondary N) is 1. The third-order valence-corrected chi connectivity index (χ3v) is 4.98. The normalized spacial score (nSPS) is 19.5. The van der Waals surface area contributed by atoms with E-state index >= 15 is 0 Å². The van der Waals surface area contributed by atoms with Gasteiger partial charge in [0.2, 0.25) is 0 Å². The van der Waals surface area contributed by atoms with Gasteiger partial charge in [-0.05, 0) is 37.3 Å². The molecule has 0 aliphatic carbocycles. The number of ketones is 1. The highest BCUT2D eigenvalue weighted by atomic mass is 35.5. The summed E-state index contributed by atoms with van der Waals surface area (Å²) >= 11 is 11.3. The molecule has 0 atom stereocenters. The molecule has 0 saturated carbocycles. The second-order valence-electron chi connectivity index (χ2n) is 5.85. The summed E-state index contributed by atoms with van der Waals surface area (Å²) < 4.78 is 6.20. The molecule has 6 heteroatoms. The molecule has 1 N–H and O–H groups in total. The van der Waals surface area contributed by atoms with Crippen molar-refractivity contribution in [2.75, 3.05) is 19.6 Å². The molecule has 4 nitrogen and oxygen atoms in total. The number of fused-ring (bicyclic) bond motifs is 1. The molecule has 2 heterocycles. The molecular formula is C16H19ClN2O2S. The molecule has 118 valence electrons. The lowest BCUT2D eigenvalue weighted by atomic mass is 9.82. The highest BCUT2D eigenvalue weighted by Gasteiger charge is 2.43. The first-order chi connectivity index (χ1) is 10.5. The van der Waals surface area contributed by atoms with Crippen molar-refractivity contribution in [3.63, 3.8) is 0 Å². The highest BCUT2D eigenvalue weighted by molar-refractivity contribution is 7.80. The van der Waals surface area contributed by atoms with Crippen LogP contribution >= 0.6 is 23.8 Å². The molecule has 1 aromatic carbocycles. The number of Topliss-reactive ketones (excluding diaryl/α,β-unsaturated/α-hetero) is 1. The second kappa shape index (κ2) is 6.05. The molecule has 3 rings (SSSR count). The fraction of sp³-hybridized carbons (Fsp3) is 0.500. The molecule has 1 aromatic rings. The molecule has 22 heavy (non-hydrogen) atoms. The van der Waals surface area contributed by atoms with Gasteiger partial charge in [0, 0.05) is 37.5 Å². The van der Waals surface area contributed by atoms with Gasteiger partial charge in [0.1, 0.15) is 11.4 Å². The van der Waals surface area contributed by atoms with Crippen LogP contribution in [0.2, 0.25) is 5.02 Å². The average Bonchev–Trinajstić information content (AvgIpc) is 2.49. The van der Waals surface area contributed by atoms with Gasteiger partial charge >= 0.3 is 0 Å². The van der Waals surface area contributed by atoms with Crippen LogP contribution in [0.5, 0.6) is 5.75 Å². The van der Waals surface area contributed by atoms with Crippen molar-refractivity contribution in [1.29, 1.82) is 0 Å². The largest absolute Gasteiger partial charge is 0.486 e. The number of benzene rings is 1. The maximum atomic E-state index is 12.4. The van der Waals surface area contributed by atoms with Crippen LogP contribution in [0.1, 0.15) is 36.5 Å². The number of piperidine rings is 1. The van der Waals surface area contributed by atoms with E-state index in [4.69, 9.17) is 28.6 Å². The predicted molar refractivity (Wildman–Crippen MR) is 90.8 cm³/mol. The molecular weight excluding hydrogens is 320 g/mol. The van der Waals surface area contributed by atoms with Crippen molar-refractivity contribution in [3.05, 3.63) is 28.8 Å². The van der Waals surface area contributed by atoms with E-state index in [1.807, 2.05) is 6.92 Å². The number of hydrogen-bond donors (Lipinski definition) is 1. The lowest BCUT2D eigenvalue weighted by Gasteiger charge is -2.44. The van der Waals surface area contributed by atoms with E-state index in [2.05, 4.69) is 10.2 Å². The first-order valence-corrected chi connectivity index (χ1v) is 8.36. The van der Waals surface area contributed by atoms with Crippen LogP contribution in [0.25, 0.3) is 0 Å². The summed E-state index contributed by atoms with van der Waals surface area (Å²) in [4.78, 5) is 14.6. The van der Waals surface area contributed by atoms with E-state index in [9.17, 15) is 4.79 Å². The number of nitrogens with zero attached hydrogens (tertiary/aromatic N) is 1. The van der Waals surface area contributed by atoms with Gasteiger partial charge in [0.25, 0.3) is 0 Å². The second-order valence-corrected chi connectivity index (χ2v) is 6.67. The van der Waals surface area contributed by atoms with Crippen molar-refractivity contribution in [2.45, 2.75) is 31.8 Å². The van der Waals surface area contributed by atoms with Crippen molar-refractivity contribution < 1.29 is 9.53 Å². The first kappa shape index (κ1) is 15.6. The molecule has 2 aliphatic heterocycles. The smallest absolute Gasteiger partial charge is 0.170 e. The predicted octanol–water partition coefficient (Wildman–Crippen LogP) is 3.03. The summed E-state index contributed by atoms with van der Waals surface area (Å²) in [5, 5.41) is 4.52. The minimum atomic E-state index is -0.393. The fourth-order valence-corrected chi connectivity index (χ4v) is 3.62. The zero-order chi connectivity index (χ0) is 15.7. The van der Waals surface area contributed by atoms with E-state index in [-0.39, 0.29) is 5.78 Å². The summed E-state index contributed by atoms with van der Waals surface area (Å²) in [6.07, 6.45) is 2.01. The van der Waals surface area contributed by atoms with Crippen molar-refractivity contribution in [2.24, 2.45) is 0 Å². The summed E-state index contributed by atoms with van der Waals surface area (Å²) in [6, 6.07) is 5.26. The first-order valence-electron chi connectivity index (χ1n) is 7.57. The zero-order valence-electron chi connectivity index (χ0n) is 12.5. The molecule has 1 fully saturated rings. The molecule has 0 bridgehead atoms. The minimum Gasteiger partial charge on any atom is -0.486 e. The minimum absolute atomic E-state index is 0.117. The fourth-order valence-electron chi connectivity index (χ4n) is 3.13. The van der Waals surface area contributed by atoms with Crippen molar-refractivity contribution in [1.82, 2.24) is 10.2 Å². The van der Waals surface area contributed by atoms with E-state index in [1.54, 1.807) is 18.2 Å². The molecule has 1 saturated heterocycles. The zero-order valence-corrected chi connectivity index (χ0v) is 14.1. The third-order valence-electron chi connectivity index (χ3n) is 4.34. The van der Waals surface area contributed by atoms with Crippen LogP contribution in [0.4, 0.5) is 0 Å². The van der Waals surface area contributed by atoms with Gasteiger partial charge in [-0.3, -0.25) is 4.79 Å². The Kier molecular flexibility index (Phi) is 4.28. The van der Waals surface area contributed by atoms with E-state index in [0.717, 1.165) is 37.6 Å². The SMILES string of the molecule is CCNC(=S)N1CCC2(CC1)CC(=O)c1cc(Cl)ccc1O2. The van der Waals surface area contributed by atoms with E-state index in [1.165, 1.54) is 0 Å². The van der Waals surface area contributed by atoms with Crippen LogP contribution in [0, 0.1) is 0 Å². The van der Waals surface area contributed by atoms with Crippen LogP contribution in [-0.4, -0.2) is 41.0 Å². The van der Waals surface area contributed by atoms with Gasteiger partial charge in [-0.1, -0.05) is 11.6 Å². The van der Waals surface area contributed by atoms with E-state index < -0.39 is 5.60 Å². The van der Waals surface area contributed by atoms with Crippen molar-refractivity contribution in [3.8, 4) is 5.75 Å². The topological polar surface area (TPSA) is 41.6 Å². The summed E-state index contributed by atoms with van der Waals surface area (Å²) in [7, 11) is 0.